The fourth-order valence-corrected chi connectivity index (χ4v) is 6.37. The lowest BCUT2D eigenvalue weighted by Crippen LogP contribution is -2.40. The molecular formula is C27H35F2N5O3S. The van der Waals surface area contributed by atoms with Crippen LogP contribution >= 0.6 is 0 Å². The highest BCUT2D eigenvalue weighted by Crippen LogP contribution is 2.54. The van der Waals surface area contributed by atoms with Crippen molar-refractivity contribution in [3.05, 3.63) is 35.5 Å². The van der Waals surface area contributed by atoms with E-state index in [9.17, 15) is 22.0 Å². The van der Waals surface area contributed by atoms with Crippen molar-refractivity contribution in [3.63, 3.8) is 0 Å². The van der Waals surface area contributed by atoms with Crippen LogP contribution in [0, 0.1) is 12.3 Å². The first-order valence-corrected chi connectivity index (χ1v) is 14.8. The number of aryl methyl sites for hydroxylation is 1. The third-order valence-corrected chi connectivity index (χ3v) is 10.3. The molecule has 1 spiro atoms. The van der Waals surface area contributed by atoms with Crippen molar-refractivity contribution >= 4 is 33.2 Å². The van der Waals surface area contributed by atoms with Crippen molar-refractivity contribution in [1.29, 1.82) is 0 Å². The number of alkyl halides is 2. The van der Waals surface area contributed by atoms with Gasteiger partial charge in [-0.05, 0) is 70.1 Å². The second-order valence-corrected chi connectivity index (χ2v) is 13.8. The van der Waals surface area contributed by atoms with E-state index in [0.717, 1.165) is 25.9 Å². The first-order valence-electron chi connectivity index (χ1n) is 13.3. The molecule has 1 saturated carbocycles. The predicted octanol–water partition coefficient (Wildman–Crippen LogP) is 4.84. The lowest BCUT2D eigenvalue weighted by Gasteiger charge is -2.35. The molecule has 1 aromatic carbocycles. The Bertz CT molecular complexity index is 1320. The normalized spacial score (nSPS) is 20.6. The molecule has 1 N–H and O–H groups in total. The van der Waals surface area contributed by atoms with Gasteiger partial charge in [-0.15, -0.1) is 0 Å². The number of hydrogen-bond donors (Lipinski definition) is 1. The highest BCUT2D eigenvalue weighted by Gasteiger charge is 2.44. The Labute approximate surface area is 222 Å². The number of carbonyl (C=O) groups excluding carboxylic acids is 1. The Morgan fingerprint density at radius 2 is 1.58 bits per heavy atom. The van der Waals surface area contributed by atoms with Crippen LogP contribution in [-0.2, 0) is 9.84 Å². The summed E-state index contributed by atoms with van der Waals surface area (Å²) in [6.07, 6.45) is 3.99. The van der Waals surface area contributed by atoms with Crippen LogP contribution in [0.5, 0.6) is 0 Å². The summed E-state index contributed by atoms with van der Waals surface area (Å²) < 4.78 is 53.1. The number of hydrogen-bond acceptors (Lipinski definition) is 7. The monoisotopic (exact) mass is 547 g/mol. The van der Waals surface area contributed by atoms with E-state index in [1.54, 1.807) is 43.9 Å². The number of anilines is 3. The number of halogens is 2. The second-order valence-electron chi connectivity index (χ2n) is 11.3. The zero-order valence-corrected chi connectivity index (χ0v) is 23.0. The van der Waals surface area contributed by atoms with Crippen LogP contribution in [0.4, 0.5) is 26.2 Å². The number of carbonyl (C=O) groups is 1. The minimum atomic E-state index is -3.52. The van der Waals surface area contributed by atoms with Crippen molar-refractivity contribution < 1.29 is 22.0 Å². The van der Waals surface area contributed by atoms with Gasteiger partial charge in [0.15, 0.2) is 9.84 Å². The topological polar surface area (TPSA) is 95.5 Å². The number of piperidine rings is 2. The third-order valence-electron chi connectivity index (χ3n) is 8.15. The average Bonchev–Trinajstić information content (AvgIpc) is 3.62. The van der Waals surface area contributed by atoms with Crippen molar-refractivity contribution in [3.8, 4) is 0 Å². The molecule has 0 radical (unpaired) electrons. The standard InChI is InChI=1S/C27H35F2N5O3S/c1-18(2)38(36,37)20-4-5-21(22(17-20)33-12-8-26(6-7-26)9-13-33)24(35)31-23-16-19(3)30-25(32-23)34-14-10-27(28,29)11-15-34/h4-5,16-18H,6-15H2,1-3H3,(H,30,31,32,35). The largest absolute Gasteiger partial charge is 0.371 e. The summed E-state index contributed by atoms with van der Waals surface area (Å²) in [4.78, 5) is 26.4. The molecule has 1 aliphatic carbocycles. The van der Waals surface area contributed by atoms with E-state index in [4.69, 9.17) is 0 Å². The number of sulfone groups is 1. The van der Waals surface area contributed by atoms with E-state index in [1.165, 1.54) is 18.9 Å². The van der Waals surface area contributed by atoms with Crippen molar-refractivity contribution in [2.24, 2.45) is 5.41 Å². The van der Waals surface area contributed by atoms with Crippen molar-refractivity contribution in [1.82, 2.24) is 9.97 Å². The molecule has 2 saturated heterocycles. The molecule has 1 amide bonds. The summed E-state index contributed by atoms with van der Waals surface area (Å²) in [6, 6.07) is 6.32. The Hall–Kier alpha value is -2.82. The van der Waals surface area contributed by atoms with Gasteiger partial charge in [-0.3, -0.25) is 4.79 Å². The quantitative estimate of drug-likeness (QED) is 0.553. The Kier molecular flexibility index (Phi) is 6.86. The third kappa shape index (κ3) is 5.48. The maximum Gasteiger partial charge on any atom is 0.258 e. The average molecular weight is 548 g/mol. The molecule has 2 aliphatic heterocycles. The van der Waals surface area contributed by atoms with Gasteiger partial charge < -0.3 is 15.1 Å². The van der Waals surface area contributed by atoms with Gasteiger partial charge in [-0.25, -0.2) is 22.2 Å². The number of rotatable bonds is 6. The molecule has 38 heavy (non-hydrogen) atoms. The van der Waals surface area contributed by atoms with Crippen molar-refractivity contribution in [2.75, 3.05) is 41.3 Å². The van der Waals surface area contributed by atoms with Crippen LogP contribution in [0.25, 0.3) is 0 Å². The zero-order chi connectivity index (χ0) is 27.3. The molecule has 0 unspecified atom stereocenters. The summed E-state index contributed by atoms with van der Waals surface area (Å²) >= 11 is 0. The number of nitrogens with zero attached hydrogens (tertiary/aromatic N) is 4. The van der Waals surface area contributed by atoms with Gasteiger partial charge in [0.25, 0.3) is 11.8 Å². The zero-order valence-electron chi connectivity index (χ0n) is 22.1. The van der Waals surface area contributed by atoms with E-state index < -0.39 is 26.9 Å². The molecule has 0 atom stereocenters. The molecular weight excluding hydrogens is 512 g/mol. The predicted molar refractivity (Wildman–Crippen MR) is 143 cm³/mol. The first-order chi connectivity index (χ1) is 17.9. The second kappa shape index (κ2) is 9.73. The molecule has 0 bridgehead atoms. The van der Waals surface area contributed by atoms with E-state index in [-0.39, 0.29) is 36.6 Å². The summed E-state index contributed by atoms with van der Waals surface area (Å²) in [6.45, 7) is 6.85. The molecule has 5 rings (SSSR count). The first kappa shape index (κ1) is 26.8. The molecule has 1 aromatic heterocycles. The summed E-state index contributed by atoms with van der Waals surface area (Å²) in [7, 11) is -3.52. The number of nitrogens with one attached hydrogen (secondary N) is 1. The Balaban J connectivity index is 1.42. The number of benzene rings is 1. The fourth-order valence-electron chi connectivity index (χ4n) is 5.29. The molecule has 8 nitrogen and oxygen atoms in total. The lowest BCUT2D eigenvalue weighted by atomic mass is 9.93. The number of amides is 1. The van der Waals surface area contributed by atoms with E-state index in [2.05, 4.69) is 20.2 Å². The maximum atomic E-state index is 13.6. The van der Waals surface area contributed by atoms with Gasteiger partial charge >= 0.3 is 0 Å². The van der Waals surface area contributed by atoms with E-state index >= 15 is 0 Å². The SMILES string of the molecule is Cc1cc(NC(=O)c2ccc(S(=O)(=O)C(C)C)cc2N2CCC3(CC2)CC3)nc(N2CCC(F)(F)CC2)n1. The highest BCUT2D eigenvalue weighted by molar-refractivity contribution is 7.92. The molecule has 3 heterocycles. The summed E-state index contributed by atoms with van der Waals surface area (Å²) in [5.41, 5.74) is 2.00. The smallest absolute Gasteiger partial charge is 0.258 e. The van der Waals surface area contributed by atoms with Crippen LogP contribution < -0.4 is 15.1 Å². The van der Waals surface area contributed by atoms with Gasteiger partial charge in [-0.1, -0.05) is 0 Å². The maximum absolute atomic E-state index is 13.6. The van der Waals surface area contributed by atoms with Crippen LogP contribution in [0.1, 0.15) is 68.4 Å². The van der Waals surface area contributed by atoms with Crippen molar-refractivity contribution in [2.45, 2.75) is 75.4 Å². The molecule has 11 heteroatoms. The summed E-state index contributed by atoms with van der Waals surface area (Å²) in [5.74, 6) is -2.51. The van der Waals surface area contributed by atoms with Gasteiger partial charge in [0.1, 0.15) is 5.82 Å². The van der Waals surface area contributed by atoms with Gasteiger partial charge in [0, 0.05) is 50.8 Å². The van der Waals surface area contributed by atoms with E-state index in [0.29, 0.717) is 28.3 Å². The van der Waals surface area contributed by atoms with Gasteiger partial charge in [0.05, 0.1) is 21.4 Å². The highest BCUT2D eigenvalue weighted by atomic mass is 32.2. The molecule has 2 aromatic rings. The molecule has 3 fully saturated rings. The molecule has 206 valence electrons. The van der Waals surface area contributed by atoms with Crippen LogP contribution in [-0.4, -0.2) is 61.6 Å². The van der Waals surface area contributed by atoms with Gasteiger partial charge in [0.2, 0.25) is 5.95 Å². The lowest BCUT2D eigenvalue weighted by molar-refractivity contribution is -0.0222. The Morgan fingerprint density at radius 1 is 0.947 bits per heavy atom. The minimum absolute atomic E-state index is 0.135. The van der Waals surface area contributed by atoms with E-state index in [1.807, 2.05) is 0 Å². The fraction of sp³-hybridized carbons (Fsp3) is 0.593. The molecule has 3 aliphatic rings. The summed E-state index contributed by atoms with van der Waals surface area (Å²) in [5, 5.41) is 2.26. The van der Waals surface area contributed by atoms with Crippen LogP contribution in [0.3, 0.4) is 0 Å². The minimum Gasteiger partial charge on any atom is -0.371 e. The van der Waals surface area contributed by atoms with Gasteiger partial charge in [-0.2, -0.15) is 4.98 Å². The van der Waals surface area contributed by atoms with Crippen LogP contribution in [0.2, 0.25) is 0 Å². The Morgan fingerprint density at radius 3 is 2.18 bits per heavy atom. The number of aromatic nitrogens is 2. The van der Waals surface area contributed by atoms with Crippen LogP contribution in [0.15, 0.2) is 29.2 Å².